The molecule has 0 aromatic heterocycles. The van der Waals surface area contributed by atoms with Gasteiger partial charge in [0.2, 0.25) is 0 Å². The van der Waals surface area contributed by atoms with E-state index in [1.807, 2.05) is 6.07 Å². The third-order valence-electron chi connectivity index (χ3n) is 6.05. The molecule has 0 amide bonds. The molecule has 0 radical (unpaired) electrons. The maximum Gasteiger partial charge on any atom is 0.115 e. The lowest BCUT2D eigenvalue weighted by Gasteiger charge is -2.44. The molecule has 0 spiro atoms. The highest BCUT2D eigenvalue weighted by Gasteiger charge is 2.50. The zero-order valence-corrected chi connectivity index (χ0v) is 11.6. The van der Waals surface area contributed by atoms with E-state index in [-0.39, 0.29) is 0 Å². The Morgan fingerprint density at radius 1 is 0.950 bits per heavy atom. The molecule has 1 aromatic rings. The van der Waals surface area contributed by atoms with Crippen LogP contribution in [0.25, 0.3) is 0 Å². The molecule has 2 saturated carbocycles. The molecular formula is C17H22O3. The SMILES string of the molecule is Oc1ccc2c(c1)CC[C@H]1[C@@H]3C[C@@H](O)[C@H](O)[C@H]3CC[C@H]21. The molecule has 3 N–H and O–H groups in total. The van der Waals surface area contributed by atoms with E-state index in [1.54, 1.807) is 6.07 Å². The number of hydrogen-bond donors (Lipinski definition) is 3. The molecule has 0 unspecified atom stereocenters. The topological polar surface area (TPSA) is 60.7 Å². The van der Waals surface area contributed by atoms with Crippen LogP contribution in [0.5, 0.6) is 5.75 Å². The van der Waals surface area contributed by atoms with Crippen LogP contribution in [0.3, 0.4) is 0 Å². The molecule has 2 fully saturated rings. The van der Waals surface area contributed by atoms with Crippen molar-refractivity contribution < 1.29 is 15.3 Å². The van der Waals surface area contributed by atoms with Crippen molar-refractivity contribution in [3.8, 4) is 5.75 Å². The Balaban J connectivity index is 1.67. The van der Waals surface area contributed by atoms with Crippen molar-refractivity contribution in [1.29, 1.82) is 0 Å². The fourth-order valence-corrected chi connectivity index (χ4v) is 5.19. The first-order valence-corrected chi connectivity index (χ1v) is 7.83. The summed E-state index contributed by atoms with van der Waals surface area (Å²) in [6.07, 6.45) is 3.99. The highest BCUT2D eigenvalue weighted by atomic mass is 16.3. The number of aryl methyl sites for hydroxylation is 1. The second-order valence-electron chi connectivity index (χ2n) is 6.89. The Kier molecular flexibility index (Phi) is 2.83. The fraction of sp³-hybridized carbons (Fsp3) is 0.647. The molecule has 20 heavy (non-hydrogen) atoms. The van der Waals surface area contributed by atoms with Crippen molar-refractivity contribution >= 4 is 0 Å². The third-order valence-corrected chi connectivity index (χ3v) is 6.05. The first-order chi connectivity index (χ1) is 9.65. The predicted octanol–water partition coefficient (Wildman–Crippen LogP) is 2.19. The van der Waals surface area contributed by atoms with Gasteiger partial charge in [-0.25, -0.2) is 0 Å². The van der Waals surface area contributed by atoms with Gasteiger partial charge in [0, 0.05) is 0 Å². The van der Waals surface area contributed by atoms with E-state index < -0.39 is 12.2 Å². The summed E-state index contributed by atoms with van der Waals surface area (Å²) in [4.78, 5) is 0. The van der Waals surface area contributed by atoms with E-state index >= 15 is 0 Å². The van der Waals surface area contributed by atoms with Crippen molar-refractivity contribution in [2.75, 3.05) is 0 Å². The standard InChI is InChI=1S/C17H22O3/c18-10-2-4-11-9(7-10)1-3-13-12(11)5-6-14-15(13)8-16(19)17(14)20/h2,4,7,12-20H,1,3,5-6,8H2/t12-,13-,14+,15+,16-,17-/m1/s1. The Morgan fingerprint density at radius 2 is 1.80 bits per heavy atom. The van der Waals surface area contributed by atoms with E-state index in [1.165, 1.54) is 11.1 Å². The number of aliphatic hydroxyl groups is 2. The van der Waals surface area contributed by atoms with Gasteiger partial charge in [-0.1, -0.05) is 6.07 Å². The molecule has 1 aromatic carbocycles. The molecule has 4 rings (SSSR count). The van der Waals surface area contributed by atoms with E-state index in [0.717, 1.165) is 32.1 Å². The van der Waals surface area contributed by atoms with Gasteiger partial charge in [-0.2, -0.15) is 0 Å². The molecule has 0 saturated heterocycles. The minimum atomic E-state index is -0.523. The highest BCUT2D eigenvalue weighted by Crippen LogP contribution is 2.55. The number of hydrogen-bond acceptors (Lipinski definition) is 3. The minimum absolute atomic E-state index is 0.296. The molecular weight excluding hydrogens is 252 g/mol. The van der Waals surface area contributed by atoms with Gasteiger partial charge in [-0.15, -0.1) is 0 Å². The molecule has 0 heterocycles. The summed E-state index contributed by atoms with van der Waals surface area (Å²) in [5.41, 5.74) is 2.69. The van der Waals surface area contributed by atoms with Crippen LogP contribution in [0.15, 0.2) is 18.2 Å². The number of benzene rings is 1. The summed E-state index contributed by atoms with van der Waals surface area (Å²) in [7, 11) is 0. The molecule has 0 aliphatic heterocycles. The van der Waals surface area contributed by atoms with Crippen molar-refractivity contribution in [2.45, 2.75) is 50.2 Å². The van der Waals surface area contributed by atoms with Crippen LogP contribution in [-0.4, -0.2) is 27.5 Å². The van der Waals surface area contributed by atoms with Crippen LogP contribution in [0.2, 0.25) is 0 Å². The Bertz CT molecular complexity index is 527. The van der Waals surface area contributed by atoms with Crippen LogP contribution < -0.4 is 0 Å². The van der Waals surface area contributed by atoms with Gasteiger partial charge >= 0.3 is 0 Å². The summed E-state index contributed by atoms with van der Waals surface area (Å²) < 4.78 is 0. The number of aromatic hydroxyl groups is 1. The van der Waals surface area contributed by atoms with E-state index in [4.69, 9.17) is 0 Å². The van der Waals surface area contributed by atoms with Gasteiger partial charge in [0.25, 0.3) is 0 Å². The number of rotatable bonds is 0. The first kappa shape index (κ1) is 12.7. The summed E-state index contributed by atoms with van der Waals surface area (Å²) in [5.74, 6) is 2.28. The maximum atomic E-state index is 10.1. The number of phenols is 1. The molecule has 3 nitrogen and oxygen atoms in total. The van der Waals surface area contributed by atoms with Crippen molar-refractivity contribution in [3.05, 3.63) is 29.3 Å². The molecule has 3 heteroatoms. The van der Waals surface area contributed by atoms with Crippen LogP contribution in [-0.2, 0) is 6.42 Å². The average Bonchev–Trinajstić information content (AvgIpc) is 2.74. The smallest absolute Gasteiger partial charge is 0.115 e. The van der Waals surface area contributed by atoms with E-state index in [9.17, 15) is 15.3 Å². The molecule has 0 bridgehead atoms. The average molecular weight is 274 g/mol. The minimum Gasteiger partial charge on any atom is -0.508 e. The number of aliphatic hydroxyl groups excluding tert-OH is 2. The fourth-order valence-electron chi connectivity index (χ4n) is 5.19. The van der Waals surface area contributed by atoms with Crippen LogP contribution >= 0.6 is 0 Å². The second kappa shape index (κ2) is 4.47. The van der Waals surface area contributed by atoms with E-state index in [2.05, 4.69) is 6.07 Å². The third kappa shape index (κ3) is 1.73. The summed E-state index contributed by atoms with van der Waals surface area (Å²) >= 11 is 0. The van der Waals surface area contributed by atoms with Gasteiger partial charge in [-0.05, 0) is 79.0 Å². The van der Waals surface area contributed by atoms with Crippen LogP contribution in [0.1, 0.15) is 42.7 Å². The lowest BCUT2D eigenvalue weighted by atomic mass is 9.61. The van der Waals surface area contributed by atoms with Gasteiger partial charge in [0.1, 0.15) is 5.75 Å². The quantitative estimate of drug-likeness (QED) is 0.679. The van der Waals surface area contributed by atoms with E-state index in [0.29, 0.717) is 29.4 Å². The summed E-state index contributed by atoms with van der Waals surface area (Å²) in [5, 5.41) is 29.7. The molecule has 6 atom stereocenters. The first-order valence-electron chi connectivity index (χ1n) is 7.83. The largest absolute Gasteiger partial charge is 0.508 e. The Hall–Kier alpha value is -1.06. The lowest BCUT2D eigenvalue weighted by Crippen LogP contribution is -2.37. The summed E-state index contributed by atoms with van der Waals surface area (Å²) in [6.45, 7) is 0. The van der Waals surface area contributed by atoms with Gasteiger partial charge < -0.3 is 15.3 Å². The monoisotopic (exact) mass is 274 g/mol. The number of phenolic OH excluding ortho intramolecular Hbond substituents is 1. The normalized spacial score (nSPS) is 42.7. The van der Waals surface area contributed by atoms with Crippen LogP contribution in [0, 0.1) is 17.8 Å². The van der Waals surface area contributed by atoms with Crippen LogP contribution in [0.4, 0.5) is 0 Å². The van der Waals surface area contributed by atoms with Crippen molar-refractivity contribution in [3.63, 3.8) is 0 Å². The predicted molar refractivity (Wildman–Crippen MR) is 75.5 cm³/mol. The Labute approximate surface area is 119 Å². The zero-order chi connectivity index (χ0) is 13.9. The van der Waals surface area contributed by atoms with Crippen molar-refractivity contribution in [1.82, 2.24) is 0 Å². The Morgan fingerprint density at radius 3 is 2.65 bits per heavy atom. The molecule has 3 aliphatic rings. The van der Waals surface area contributed by atoms with Gasteiger partial charge in [0.05, 0.1) is 12.2 Å². The molecule has 3 aliphatic carbocycles. The summed E-state index contributed by atoms with van der Waals surface area (Å²) in [6, 6.07) is 5.80. The van der Waals surface area contributed by atoms with Gasteiger partial charge in [-0.3, -0.25) is 0 Å². The second-order valence-corrected chi connectivity index (χ2v) is 6.89. The highest BCUT2D eigenvalue weighted by molar-refractivity contribution is 5.39. The van der Waals surface area contributed by atoms with Gasteiger partial charge in [0.15, 0.2) is 0 Å². The maximum absolute atomic E-state index is 10.1. The van der Waals surface area contributed by atoms with Crippen molar-refractivity contribution in [2.24, 2.45) is 17.8 Å². The number of fused-ring (bicyclic) bond motifs is 5. The zero-order valence-electron chi connectivity index (χ0n) is 11.6. The molecule has 108 valence electrons. The lowest BCUT2D eigenvalue weighted by molar-refractivity contribution is 0.00656.